The number of pyridine rings is 1. The highest BCUT2D eigenvalue weighted by atomic mass is 32.1. The van der Waals surface area contributed by atoms with Crippen molar-refractivity contribution in [3.63, 3.8) is 0 Å². The Morgan fingerprint density at radius 2 is 1.60 bits per heavy atom. The largest absolute Gasteiger partial charge is 0.497 e. The lowest BCUT2D eigenvalue weighted by atomic mass is 10.2. The quantitative estimate of drug-likeness (QED) is 0.363. The van der Waals surface area contributed by atoms with Crippen LogP contribution >= 0.6 is 11.3 Å². The molecule has 0 atom stereocenters. The van der Waals surface area contributed by atoms with Gasteiger partial charge in [0.2, 0.25) is 0 Å². The number of methoxy groups -OCH3 is 1. The van der Waals surface area contributed by atoms with Crippen LogP contribution in [-0.2, 0) is 0 Å². The van der Waals surface area contributed by atoms with Crippen LogP contribution in [0.5, 0.6) is 5.75 Å². The number of thiazole rings is 1. The van der Waals surface area contributed by atoms with Crippen LogP contribution in [0.15, 0.2) is 101 Å². The Kier molecular flexibility index (Phi) is 5.00. The average molecular weight is 479 g/mol. The van der Waals surface area contributed by atoms with Crippen LogP contribution in [-0.4, -0.2) is 26.2 Å². The summed E-state index contributed by atoms with van der Waals surface area (Å²) in [5, 5.41) is 1.21. The van der Waals surface area contributed by atoms with Crippen molar-refractivity contribution >= 4 is 32.6 Å². The number of benzene rings is 3. The molecule has 0 fully saturated rings. The molecule has 170 valence electrons. The third kappa shape index (κ3) is 3.51. The van der Waals surface area contributed by atoms with Crippen molar-refractivity contribution in [3.05, 3.63) is 112 Å². The van der Waals surface area contributed by atoms with Gasteiger partial charge in [0.05, 0.1) is 34.1 Å². The van der Waals surface area contributed by atoms with E-state index in [1.54, 1.807) is 48.9 Å². The number of hydrogen-bond donors (Lipinski definition) is 0. The van der Waals surface area contributed by atoms with Crippen molar-refractivity contribution in [2.75, 3.05) is 7.11 Å². The second-order valence-corrected chi connectivity index (χ2v) is 8.90. The highest BCUT2D eigenvalue weighted by Gasteiger charge is 2.17. The van der Waals surface area contributed by atoms with Gasteiger partial charge in [-0.25, -0.2) is 23.9 Å². The van der Waals surface area contributed by atoms with Gasteiger partial charge in [0, 0.05) is 11.8 Å². The van der Waals surface area contributed by atoms with Gasteiger partial charge in [-0.3, -0.25) is 4.79 Å². The first-order chi connectivity index (χ1) is 17.1. The van der Waals surface area contributed by atoms with E-state index in [0.717, 1.165) is 26.5 Å². The summed E-state index contributed by atoms with van der Waals surface area (Å²) in [6.45, 7) is 0. The Balaban J connectivity index is 1.50. The zero-order valence-corrected chi connectivity index (χ0v) is 19.4. The standard InChI is InChI=1S/C27H18N4O3S/c1-34-20-13-14-22-23(16-20)35-25(29-22)17-9-11-19(12-10-17)31-26(32)21-8-5-15-28-24(21)30(27(31)33)18-6-3-2-4-7-18/h2-16H,1H3. The van der Waals surface area contributed by atoms with Crippen LogP contribution in [0.1, 0.15) is 0 Å². The molecule has 0 aliphatic rings. The first-order valence-electron chi connectivity index (χ1n) is 10.9. The number of fused-ring (bicyclic) bond motifs is 2. The molecule has 0 radical (unpaired) electrons. The van der Waals surface area contributed by atoms with Gasteiger partial charge >= 0.3 is 5.69 Å². The Morgan fingerprint density at radius 1 is 0.829 bits per heavy atom. The molecule has 0 aliphatic carbocycles. The second kappa shape index (κ2) is 8.34. The smallest absolute Gasteiger partial charge is 0.341 e. The van der Waals surface area contributed by atoms with E-state index in [4.69, 9.17) is 9.72 Å². The Morgan fingerprint density at radius 3 is 2.37 bits per heavy atom. The molecule has 0 saturated heterocycles. The fourth-order valence-electron chi connectivity index (χ4n) is 4.09. The molecule has 0 N–H and O–H groups in total. The van der Waals surface area contributed by atoms with Crippen LogP contribution in [0, 0.1) is 0 Å². The molecular weight excluding hydrogens is 460 g/mol. The maximum absolute atomic E-state index is 13.6. The van der Waals surface area contributed by atoms with Gasteiger partial charge < -0.3 is 4.74 Å². The van der Waals surface area contributed by atoms with Gasteiger partial charge in [0.25, 0.3) is 5.56 Å². The van der Waals surface area contributed by atoms with Crippen molar-refractivity contribution in [3.8, 4) is 27.7 Å². The molecule has 3 aromatic heterocycles. The van der Waals surface area contributed by atoms with Gasteiger partial charge in [0.1, 0.15) is 10.8 Å². The molecule has 0 saturated carbocycles. The van der Waals surface area contributed by atoms with E-state index in [0.29, 0.717) is 22.4 Å². The molecular formula is C27H18N4O3S. The van der Waals surface area contributed by atoms with Crippen LogP contribution in [0.4, 0.5) is 0 Å². The summed E-state index contributed by atoms with van der Waals surface area (Å²) in [5.41, 5.74) is 2.33. The lowest BCUT2D eigenvalue weighted by Gasteiger charge is -2.13. The van der Waals surface area contributed by atoms with Crippen LogP contribution in [0.3, 0.4) is 0 Å². The number of para-hydroxylation sites is 1. The molecule has 35 heavy (non-hydrogen) atoms. The van der Waals surface area contributed by atoms with Crippen LogP contribution in [0.25, 0.3) is 43.2 Å². The summed E-state index contributed by atoms with van der Waals surface area (Å²) in [5.74, 6) is 0.780. The number of ether oxygens (including phenoxy) is 1. The zero-order valence-electron chi connectivity index (χ0n) is 18.6. The summed E-state index contributed by atoms with van der Waals surface area (Å²) in [7, 11) is 1.64. The van der Waals surface area contributed by atoms with Crippen molar-refractivity contribution in [2.45, 2.75) is 0 Å². The summed E-state index contributed by atoms with van der Waals surface area (Å²) < 4.78 is 8.98. The molecule has 0 aliphatic heterocycles. The minimum Gasteiger partial charge on any atom is -0.497 e. The normalized spacial score (nSPS) is 11.2. The van der Waals surface area contributed by atoms with E-state index < -0.39 is 11.2 Å². The monoisotopic (exact) mass is 478 g/mol. The number of rotatable bonds is 4. The van der Waals surface area contributed by atoms with E-state index in [1.807, 2.05) is 60.7 Å². The molecule has 0 spiro atoms. The zero-order chi connectivity index (χ0) is 23.9. The van der Waals surface area contributed by atoms with Crippen LogP contribution < -0.4 is 16.0 Å². The van der Waals surface area contributed by atoms with E-state index in [9.17, 15) is 9.59 Å². The predicted molar refractivity (Wildman–Crippen MR) is 138 cm³/mol. The Hall–Kier alpha value is -4.56. The lowest BCUT2D eigenvalue weighted by Crippen LogP contribution is -2.38. The molecule has 0 amide bonds. The fourth-order valence-corrected chi connectivity index (χ4v) is 5.09. The molecule has 3 aromatic carbocycles. The molecule has 0 bridgehead atoms. The molecule has 6 aromatic rings. The fraction of sp³-hybridized carbons (Fsp3) is 0.0370. The summed E-state index contributed by atoms with van der Waals surface area (Å²) in [6, 6.07) is 25.6. The average Bonchev–Trinajstić information content (AvgIpc) is 3.33. The number of aromatic nitrogens is 4. The third-order valence-corrected chi connectivity index (χ3v) is 6.86. The number of hydrogen-bond acceptors (Lipinski definition) is 6. The third-order valence-electron chi connectivity index (χ3n) is 5.80. The highest BCUT2D eigenvalue weighted by Crippen LogP contribution is 2.32. The van der Waals surface area contributed by atoms with E-state index in [-0.39, 0.29) is 0 Å². The van der Waals surface area contributed by atoms with Gasteiger partial charge in [-0.1, -0.05) is 18.2 Å². The van der Waals surface area contributed by atoms with E-state index in [1.165, 1.54) is 9.13 Å². The second-order valence-electron chi connectivity index (χ2n) is 7.87. The summed E-state index contributed by atoms with van der Waals surface area (Å²) in [6.07, 6.45) is 1.58. The maximum atomic E-state index is 13.6. The molecule has 0 unspecified atom stereocenters. The van der Waals surface area contributed by atoms with E-state index in [2.05, 4.69) is 4.98 Å². The van der Waals surface area contributed by atoms with Gasteiger partial charge in [-0.05, 0) is 66.7 Å². The predicted octanol–water partition coefficient (Wildman–Crippen LogP) is 4.82. The molecule has 6 rings (SSSR count). The topological polar surface area (TPSA) is 79.0 Å². The van der Waals surface area contributed by atoms with E-state index >= 15 is 0 Å². The van der Waals surface area contributed by atoms with Crippen LogP contribution in [0.2, 0.25) is 0 Å². The molecule has 8 heteroatoms. The SMILES string of the molecule is COc1ccc2nc(-c3ccc(-n4c(=O)c5cccnc5n(-c5ccccc5)c4=O)cc3)sc2c1. The van der Waals surface area contributed by atoms with Gasteiger partial charge in [-0.15, -0.1) is 11.3 Å². The number of nitrogens with zero attached hydrogens (tertiary/aromatic N) is 4. The minimum absolute atomic E-state index is 0.325. The maximum Gasteiger partial charge on any atom is 0.341 e. The minimum atomic E-state index is -0.479. The van der Waals surface area contributed by atoms with Crippen molar-refractivity contribution in [2.24, 2.45) is 0 Å². The highest BCUT2D eigenvalue weighted by molar-refractivity contribution is 7.21. The Bertz CT molecular complexity index is 1820. The lowest BCUT2D eigenvalue weighted by molar-refractivity contribution is 0.415. The van der Waals surface area contributed by atoms with Gasteiger partial charge in [-0.2, -0.15) is 0 Å². The summed E-state index contributed by atoms with van der Waals surface area (Å²) >= 11 is 1.56. The summed E-state index contributed by atoms with van der Waals surface area (Å²) in [4.78, 5) is 36.0. The van der Waals surface area contributed by atoms with Crippen molar-refractivity contribution in [1.82, 2.24) is 19.1 Å². The Labute approximate surface area is 203 Å². The first kappa shape index (κ1) is 21.0. The first-order valence-corrected chi connectivity index (χ1v) is 11.7. The molecule has 7 nitrogen and oxygen atoms in total. The molecule has 3 heterocycles. The van der Waals surface area contributed by atoms with Crippen molar-refractivity contribution in [1.29, 1.82) is 0 Å². The van der Waals surface area contributed by atoms with Crippen molar-refractivity contribution < 1.29 is 4.74 Å². The van der Waals surface area contributed by atoms with Gasteiger partial charge in [0.15, 0.2) is 5.65 Å².